The third kappa shape index (κ3) is 4.11. The predicted octanol–water partition coefficient (Wildman–Crippen LogP) is 5.19. The first kappa shape index (κ1) is 20.7. The predicted molar refractivity (Wildman–Crippen MR) is 127 cm³/mol. The Balaban J connectivity index is 1.36. The Morgan fingerprint density at radius 3 is 2.31 bits per heavy atom. The number of likely N-dealkylation sites (tertiary alicyclic amines) is 1. The first-order valence-corrected chi connectivity index (χ1v) is 11.8. The van der Waals surface area contributed by atoms with Gasteiger partial charge < -0.3 is 10.0 Å². The van der Waals surface area contributed by atoms with Crippen LogP contribution in [0.2, 0.25) is 0 Å². The van der Waals surface area contributed by atoms with Gasteiger partial charge in [0.15, 0.2) is 0 Å². The molecule has 0 bridgehead atoms. The number of aromatic nitrogens is 2. The lowest BCUT2D eigenvalue weighted by Gasteiger charge is -2.34. The molecule has 162 valence electrons. The molecule has 0 aliphatic carbocycles. The summed E-state index contributed by atoms with van der Waals surface area (Å²) >= 11 is 1.59. The number of nitrogens with zero attached hydrogens (tertiary/aromatic N) is 3. The van der Waals surface area contributed by atoms with Crippen LogP contribution < -0.4 is 0 Å². The van der Waals surface area contributed by atoms with E-state index in [1.807, 2.05) is 89.3 Å². The second-order valence-corrected chi connectivity index (χ2v) is 9.08. The molecule has 1 amide bonds. The highest BCUT2D eigenvalue weighted by molar-refractivity contribution is 7.13. The van der Waals surface area contributed by atoms with Crippen LogP contribution in [0.15, 0.2) is 84.4 Å². The van der Waals surface area contributed by atoms with Gasteiger partial charge in [-0.05, 0) is 47.9 Å². The Morgan fingerprint density at radius 1 is 0.969 bits per heavy atom. The average molecular weight is 444 g/mol. The zero-order chi connectivity index (χ0) is 21.9. The number of thiophene rings is 1. The lowest BCUT2D eigenvalue weighted by Crippen LogP contribution is -2.39. The van der Waals surface area contributed by atoms with E-state index >= 15 is 0 Å². The van der Waals surface area contributed by atoms with Gasteiger partial charge in [0.1, 0.15) is 5.69 Å². The molecule has 1 N–H and O–H groups in total. The van der Waals surface area contributed by atoms with E-state index in [-0.39, 0.29) is 11.8 Å². The van der Waals surface area contributed by atoms with E-state index < -0.39 is 6.10 Å². The Hall–Kier alpha value is -3.22. The second-order valence-electron chi connectivity index (χ2n) is 8.13. The average Bonchev–Trinajstić information content (AvgIpc) is 3.55. The van der Waals surface area contributed by atoms with Crippen LogP contribution in [-0.4, -0.2) is 38.8 Å². The molecular formula is C26H25N3O2S. The molecule has 2 aromatic heterocycles. The summed E-state index contributed by atoms with van der Waals surface area (Å²) in [4.78, 5) is 16.4. The normalized spacial score (nSPS) is 15.6. The zero-order valence-electron chi connectivity index (χ0n) is 17.7. The number of benzene rings is 2. The van der Waals surface area contributed by atoms with Gasteiger partial charge in [0, 0.05) is 19.3 Å². The highest BCUT2D eigenvalue weighted by Gasteiger charge is 2.30. The lowest BCUT2D eigenvalue weighted by atomic mass is 9.87. The molecule has 0 spiro atoms. The van der Waals surface area contributed by atoms with Gasteiger partial charge in [-0.3, -0.25) is 4.79 Å². The number of rotatable bonds is 5. The number of piperidine rings is 1. The molecule has 0 saturated carbocycles. The summed E-state index contributed by atoms with van der Waals surface area (Å²) in [6, 6.07) is 23.6. The Kier molecular flexibility index (Phi) is 5.88. The topological polar surface area (TPSA) is 58.4 Å². The van der Waals surface area contributed by atoms with E-state index in [9.17, 15) is 9.90 Å². The molecule has 1 atom stereocenters. The monoisotopic (exact) mass is 443 g/mol. The van der Waals surface area contributed by atoms with Gasteiger partial charge in [-0.15, -0.1) is 11.3 Å². The fourth-order valence-corrected chi connectivity index (χ4v) is 5.07. The molecule has 3 heterocycles. The van der Waals surface area contributed by atoms with Crippen LogP contribution in [0.5, 0.6) is 0 Å². The Bertz CT molecular complexity index is 1160. The highest BCUT2D eigenvalue weighted by Crippen LogP contribution is 2.33. The van der Waals surface area contributed by atoms with Crippen LogP contribution in [0.1, 0.15) is 34.9 Å². The summed E-state index contributed by atoms with van der Waals surface area (Å²) in [6.45, 7) is 1.27. The van der Waals surface area contributed by atoms with E-state index in [0.29, 0.717) is 18.7 Å². The van der Waals surface area contributed by atoms with Crippen molar-refractivity contribution in [1.82, 2.24) is 14.7 Å². The van der Waals surface area contributed by atoms with Crippen molar-refractivity contribution in [2.45, 2.75) is 18.9 Å². The minimum atomic E-state index is -0.490. The van der Waals surface area contributed by atoms with Gasteiger partial charge >= 0.3 is 0 Å². The summed E-state index contributed by atoms with van der Waals surface area (Å²) in [6.07, 6.45) is 2.92. The number of aliphatic hydroxyl groups is 1. The lowest BCUT2D eigenvalue weighted by molar-refractivity contribution is 0.0463. The van der Waals surface area contributed by atoms with Crippen LogP contribution in [0.4, 0.5) is 0 Å². The molecule has 1 saturated heterocycles. The number of hydrogen-bond acceptors (Lipinski definition) is 4. The zero-order valence-corrected chi connectivity index (χ0v) is 18.5. The SMILES string of the molecule is O=C(c1cn(-c2ccccc2)nc1-c1cccs1)N1CCC(C(O)c2ccccc2)CC1. The third-order valence-electron chi connectivity index (χ3n) is 6.13. The number of hydrogen-bond donors (Lipinski definition) is 1. The molecular weight excluding hydrogens is 418 g/mol. The number of carbonyl (C=O) groups is 1. The Labute approximate surface area is 191 Å². The molecule has 4 aromatic rings. The van der Waals surface area contributed by atoms with Crippen molar-refractivity contribution >= 4 is 17.2 Å². The molecule has 1 aliphatic rings. The van der Waals surface area contributed by atoms with Gasteiger partial charge in [-0.1, -0.05) is 54.6 Å². The summed E-state index contributed by atoms with van der Waals surface area (Å²) in [5, 5.41) is 17.5. The van der Waals surface area contributed by atoms with Crippen LogP contribution in [0, 0.1) is 5.92 Å². The van der Waals surface area contributed by atoms with Crippen LogP contribution >= 0.6 is 11.3 Å². The van der Waals surface area contributed by atoms with Gasteiger partial charge in [0.25, 0.3) is 5.91 Å². The quantitative estimate of drug-likeness (QED) is 0.462. The largest absolute Gasteiger partial charge is 0.388 e. The molecule has 5 rings (SSSR count). The maximum Gasteiger partial charge on any atom is 0.257 e. The summed E-state index contributed by atoms with van der Waals surface area (Å²) in [5.41, 5.74) is 3.22. The van der Waals surface area contributed by atoms with E-state index in [4.69, 9.17) is 5.10 Å². The van der Waals surface area contributed by atoms with Crippen molar-refractivity contribution in [3.05, 3.63) is 95.5 Å². The van der Waals surface area contributed by atoms with Crippen molar-refractivity contribution < 1.29 is 9.90 Å². The summed E-state index contributed by atoms with van der Waals surface area (Å²) in [5.74, 6) is 0.161. The minimum absolute atomic E-state index is 0.00299. The molecule has 5 nitrogen and oxygen atoms in total. The van der Waals surface area contributed by atoms with Gasteiger partial charge in [0.2, 0.25) is 0 Å². The number of carbonyl (C=O) groups excluding carboxylic acids is 1. The molecule has 6 heteroatoms. The second kappa shape index (κ2) is 9.10. The third-order valence-corrected chi connectivity index (χ3v) is 7.01. The van der Waals surface area contributed by atoms with Gasteiger partial charge in [0.05, 0.1) is 22.2 Å². The van der Waals surface area contributed by atoms with Gasteiger partial charge in [-0.25, -0.2) is 4.68 Å². The molecule has 0 radical (unpaired) electrons. The van der Waals surface area contributed by atoms with E-state index in [1.54, 1.807) is 16.0 Å². The van der Waals surface area contributed by atoms with Crippen molar-refractivity contribution in [1.29, 1.82) is 0 Å². The van der Waals surface area contributed by atoms with E-state index in [1.165, 1.54) is 0 Å². The maximum atomic E-state index is 13.5. The first-order chi connectivity index (χ1) is 15.7. The van der Waals surface area contributed by atoms with Crippen LogP contribution in [-0.2, 0) is 0 Å². The molecule has 1 unspecified atom stereocenters. The van der Waals surface area contributed by atoms with Crippen LogP contribution in [0.25, 0.3) is 16.3 Å². The Morgan fingerprint density at radius 2 is 1.66 bits per heavy atom. The van der Waals surface area contributed by atoms with Gasteiger partial charge in [-0.2, -0.15) is 5.10 Å². The van der Waals surface area contributed by atoms with E-state index in [0.717, 1.165) is 34.7 Å². The molecule has 1 aliphatic heterocycles. The van der Waals surface area contributed by atoms with Crippen molar-refractivity contribution in [3.63, 3.8) is 0 Å². The minimum Gasteiger partial charge on any atom is -0.388 e. The molecule has 1 fully saturated rings. The molecule has 32 heavy (non-hydrogen) atoms. The smallest absolute Gasteiger partial charge is 0.257 e. The number of para-hydroxylation sites is 1. The highest BCUT2D eigenvalue weighted by atomic mass is 32.1. The van der Waals surface area contributed by atoms with Crippen molar-refractivity contribution in [2.24, 2.45) is 5.92 Å². The van der Waals surface area contributed by atoms with Crippen LogP contribution in [0.3, 0.4) is 0 Å². The maximum absolute atomic E-state index is 13.5. The first-order valence-electron chi connectivity index (χ1n) is 10.9. The van der Waals surface area contributed by atoms with E-state index in [2.05, 4.69) is 0 Å². The molecule has 2 aromatic carbocycles. The number of amides is 1. The number of aliphatic hydroxyl groups excluding tert-OH is 1. The fraction of sp³-hybridized carbons (Fsp3) is 0.231. The summed E-state index contributed by atoms with van der Waals surface area (Å²) < 4.78 is 1.79. The van der Waals surface area contributed by atoms with Crippen molar-refractivity contribution in [3.8, 4) is 16.3 Å². The standard InChI is InChI=1S/C26H25N3O2S/c30-25(19-8-3-1-4-9-19)20-13-15-28(16-14-20)26(31)22-18-29(21-10-5-2-6-11-21)27-24(22)23-12-7-17-32-23/h1-12,17-18,20,25,30H,13-16H2. The fourth-order valence-electron chi connectivity index (χ4n) is 4.35. The summed E-state index contributed by atoms with van der Waals surface area (Å²) in [7, 11) is 0. The van der Waals surface area contributed by atoms with Crippen molar-refractivity contribution in [2.75, 3.05) is 13.1 Å².